The number of aryl methyl sites for hydroxylation is 2. The van der Waals surface area contributed by atoms with E-state index < -0.39 is 0 Å². The monoisotopic (exact) mass is 248 g/mol. The van der Waals surface area contributed by atoms with Crippen molar-refractivity contribution in [1.82, 2.24) is 4.57 Å². The number of hydrogen-bond donors (Lipinski definition) is 0. The standard InChI is InChI=1S/C11H9BrN2/c1-7-6-14(2)11-9(7)3-8(5-13)4-10(11)12/h3-4,6H,1-2H3. The van der Waals surface area contributed by atoms with Crippen LogP contribution in [0, 0.1) is 18.3 Å². The Labute approximate surface area is 90.9 Å². The van der Waals surface area contributed by atoms with E-state index in [2.05, 4.69) is 39.7 Å². The first-order valence-corrected chi connectivity index (χ1v) is 5.08. The van der Waals surface area contributed by atoms with Gasteiger partial charge in [-0.05, 0) is 40.5 Å². The average molecular weight is 249 g/mol. The van der Waals surface area contributed by atoms with Gasteiger partial charge in [-0.25, -0.2) is 0 Å². The molecule has 0 radical (unpaired) electrons. The van der Waals surface area contributed by atoms with Crippen LogP contribution < -0.4 is 0 Å². The Morgan fingerprint density at radius 3 is 2.79 bits per heavy atom. The number of hydrogen-bond acceptors (Lipinski definition) is 1. The molecule has 3 heteroatoms. The minimum absolute atomic E-state index is 0.693. The van der Waals surface area contributed by atoms with Crippen LogP contribution in [-0.4, -0.2) is 4.57 Å². The van der Waals surface area contributed by atoms with Crippen LogP contribution >= 0.6 is 15.9 Å². The van der Waals surface area contributed by atoms with Gasteiger partial charge >= 0.3 is 0 Å². The van der Waals surface area contributed by atoms with Gasteiger partial charge in [-0.3, -0.25) is 0 Å². The Balaban J connectivity index is 2.94. The molecule has 0 aliphatic rings. The molecule has 0 saturated heterocycles. The number of fused-ring (bicyclic) bond motifs is 1. The molecule has 0 bridgehead atoms. The first kappa shape index (κ1) is 9.29. The largest absolute Gasteiger partial charge is 0.349 e. The van der Waals surface area contributed by atoms with Crippen LogP contribution in [0.5, 0.6) is 0 Å². The predicted molar refractivity (Wildman–Crippen MR) is 60.1 cm³/mol. The molecule has 0 atom stereocenters. The Morgan fingerprint density at radius 2 is 2.14 bits per heavy atom. The van der Waals surface area contributed by atoms with Crippen molar-refractivity contribution in [1.29, 1.82) is 5.26 Å². The van der Waals surface area contributed by atoms with E-state index in [0.29, 0.717) is 5.56 Å². The Kier molecular flexibility index (Phi) is 2.09. The van der Waals surface area contributed by atoms with E-state index in [1.165, 1.54) is 5.56 Å². The van der Waals surface area contributed by atoms with Gasteiger partial charge in [-0.15, -0.1) is 0 Å². The molecule has 0 spiro atoms. The summed E-state index contributed by atoms with van der Waals surface area (Å²) in [7, 11) is 2.01. The lowest BCUT2D eigenvalue weighted by Crippen LogP contribution is -1.85. The van der Waals surface area contributed by atoms with Crippen LogP contribution in [0.25, 0.3) is 10.9 Å². The first-order chi connectivity index (χ1) is 6.63. The predicted octanol–water partition coefficient (Wildman–Crippen LogP) is 3.12. The highest BCUT2D eigenvalue weighted by Crippen LogP contribution is 2.28. The van der Waals surface area contributed by atoms with Crippen LogP contribution in [0.4, 0.5) is 0 Å². The zero-order chi connectivity index (χ0) is 10.3. The van der Waals surface area contributed by atoms with Gasteiger partial charge in [-0.1, -0.05) is 0 Å². The van der Waals surface area contributed by atoms with Crippen molar-refractivity contribution in [2.24, 2.45) is 7.05 Å². The molecule has 1 heterocycles. The lowest BCUT2D eigenvalue weighted by molar-refractivity contribution is 0.961. The molecule has 0 unspecified atom stereocenters. The van der Waals surface area contributed by atoms with E-state index in [1.54, 1.807) is 0 Å². The molecule has 2 rings (SSSR count). The van der Waals surface area contributed by atoms with Crippen molar-refractivity contribution >= 4 is 26.8 Å². The summed E-state index contributed by atoms with van der Waals surface area (Å²) in [6.07, 6.45) is 2.07. The van der Waals surface area contributed by atoms with Crippen molar-refractivity contribution in [3.8, 4) is 6.07 Å². The number of aromatic nitrogens is 1. The van der Waals surface area contributed by atoms with Gasteiger partial charge in [-0.2, -0.15) is 5.26 Å². The smallest absolute Gasteiger partial charge is 0.0992 e. The number of halogens is 1. The van der Waals surface area contributed by atoms with Crippen molar-refractivity contribution < 1.29 is 0 Å². The summed E-state index contributed by atoms with van der Waals surface area (Å²) < 4.78 is 3.04. The Bertz CT molecular complexity index is 546. The zero-order valence-electron chi connectivity index (χ0n) is 8.00. The zero-order valence-corrected chi connectivity index (χ0v) is 9.59. The molecule has 0 amide bonds. The first-order valence-electron chi connectivity index (χ1n) is 4.28. The van der Waals surface area contributed by atoms with Crippen LogP contribution in [-0.2, 0) is 7.05 Å². The van der Waals surface area contributed by atoms with E-state index in [0.717, 1.165) is 15.4 Å². The maximum absolute atomic E-state index is 8.84. The van der Waals surface area contributed by atoms with E-state index in [9.17, 15) is 0 Å². The minimum atomic E-state index is 0.693. The highest BCUT2D eigenvalue weighted by atomic mass is 79.9. The summed E-state index contributed by atoms with van der Waals surface area (Å²) in [5, 5.41) is 9.98. The molecule has 14 heavy (non-hydrogen) atoms. The summed E-state index contributed by atoms with van der Waals surface area (Å²) in [4.78, 5) is 0. The lowest BCUT2D eigenvalue weighted by Gasteiger charge is -2.00. The third-order valence-corrected chi connectivity index (χ3v) is 2.96. The molecule has 1 aromatic carbocycles. The Morgan fingerprint density at radius 1 is 1.43 bits per heavy atom. The van der Waals surface area contributed by atoms with Crippen molar-refractivity contribution in [3.05, 3.63) is 33.9 Å². The van der Waals surface area contributed by atoms with Gasteiger partial charge in [0.25, 0.3) is 0 Å². The second-order valence-electron chi connectivity index (χ2n) is 3.39. The van der Waals surface area contributed by atoms with Crippen molar-refractivity contribution in [2.75, 3.05) is 0 Å². The molecule has 0 fully saturated rings. The van der Waals surface area contributed by atoms with Crippen LogP contribution in [0.2, 0.25) is 0 Å². The quantitative estimate of drug-likeness (QED) is 0.705. The Hall–Kier alpha value is -1.27. The number of benzene rings is 1. The molecule has 2 aromatic rings. The fourth-order valence-electron chi connectivity index (χ4n) is 1.75. The van der Waals surface area contributed by atoms with Crippen LogP contribution in [0.3, 0.4) is 0 Å². The third kappa shape index (κ3) is 1.23. The second-order valence-corrected chi connectivity index (χ2v) is 4.24. The molecule has 0 aliphatic carbocycles. The lowest BCUT2D eigenvalue weighted by atomic mass is 10.1. The van der Waals surface area contributed by atoms with Crippen LogP contribution in [0.1, 0.15) is 11.1 Å². The summed E-state index contributed by atoms with van der Waals surface area (Å²) in [6, 6.07) is 5.93. The van der Waals surface area contributed by atoms with Gasteiger partial charge in [0.05, 0.1) is 17.1 Å². The number of nitrogens with zero attached hydrogens (tertiary/aromatic N) is 2. The van der Waals surface area contributed by atoms with Crippen LogP contribution in [0.15, 0.2) is 22.8 Å². The molecular formula is C11H9BrN2. The van der Waals surface area contributed by atoms with Gasteiger partial charge in [0.15, 0.2) is 0 Å². The molecule has 0 saturated carbocycles. The van der Waals surface area contributed by atoms with Gasteiger partial charge in [0.2, 0.25) is 0 Å². The average Bonchev–Trinajstić information content (AvgIpc) is 2.42. The minimum Gasteiger partial charge on any atom is -0.349 e. The molecule has 1 aromatic heterocycles. The summed E-state index contributed by atoms with van der Waals surface area (Å²) >= 11 is 3.48. The van der Waals surface area contributed by atoms with E-state index in [-0.39, 0.29) is 0 Å². The summed E-state index contributed by atoms with van der Waals surface area (Å²) in [5.41, 5.74) is 3.03. The van der Waals surface area contributed by atoms with Gasteiger partial charge in [0.1, 0.15) is 0 Å². The normalized spacial score (nSPS) is 10.4. The fraction of sp³-hybridized carbons (Fsp3) is 0.182. The fourth-order valence-corrected chi connectivity index (χ4v) is 2.49. The number of nitriles is 1. The van der Waals surface area contributed by atoms with E-state index in [4.69, 9.17) is 5.26 Å². The van der Waals surface area contributed by atoms with Crippen molar-refractivity contribution in [3.63, 3.8) is 0 Å². The molecule has 70 valence electrons. The highest BCUT2D eigenvalue weighted by molar-refractivity contribution is 9.10. The molecular weight excluding hydrogens is 240 g/mol. The molecule has 0 aliphatic heterocycles. The van der Waals surface area contributed by atoms with E-state index >= 15 is 0 Å². The topological polar surface area (TPSA) is 28.7 Å². The van der Waals surface area contributed by atoms with Crippen molar-refractivity contribution in [2.45, 2.75) is 6.92 Å². The van der Waals surface area contributed by atoms with Gasteiger partial charge in [0, 0.05) is 23.1 Å². The molecule has 2 nitrogen and oxygen atoms in total. The number of rotatable bonds is 0. The highest BCUT2D eigenvalue weighted by Gasteiger charge is 2.08. The third-order valence-electron chi connectivity index (χ3n) is 2.36. The molecule has 0 N–H and O–H groups in total. The van der Waals surface area contributed by atoms with E-state index in [1.807, 2.05) is 19.2 Å². The SMILES string of the molecule is Cc1cn(C)c2c(Br)cc(C#N)cc12. The second kappa shape index (κ2) is 3.14. The van der Waals surface area contributed by atoms with Gasteiger partial charge < -0.3 is 4.57 Å². The summed E-state index contributed by atoms with van der Waals surface area (Å²) in [5.74, 6) is 0. The summed E-state index contributed by atoms with van der Waals surface area (Å²) in [6.45, 7) is 2.05. The maximum atomic E-state index is 8.84. The maximum Gasteiger partial charge on any atom is 0.0992 e.